The number of amides is 3. The molecule has 7 rings (SSSR count). The molecule has 298 valence electrons. The van der Waals surface area contributed by atoms with Gasteiger partial charge in [0, 0.05) is 80.4 Å². The van der Waals surface area contributed by atoms with Crippen LogP contribution in [0.15, 0.2) is 47.5 Å². The summed E-state index contributed by atoms with van der Waals surface area (Å²) in [4.78, 5) is 53.4. The van der Waals surface area contributed by atoms with Crippen molar-refractivity contribution < 1.29 is 37.0 Å². The van der Waals surface area contributed by atoms with Crippen molar-refractivity contribution in [2.75, 3.05) is 45.3 Å². The van der Waals surface area contributed by atoms with Crippen molar-refractivity contribution in [3.05, 3.63) is 69.8 Å². The number of aromatic amines is 1. The number of aromatic nitrogens is 3. The number of piperidine rings is 3. The lowest BCUT2D eigenvalue weighted by Gasteiger charge is -2.37. The van der Waals surface area contributed by atoms with Crippen molar-refractivity contribution in [2.45, 2.75) is 64.0 Å². The highest BCUT2D eigenvalue weighted by atomic mass is 19.4. The zero-order valence-corrected chi connectivity index (χ0v) is 31.8. The largest absolute Gasteiger partial charge is 0.496 e. The maximum atomic E-state index is 14.3. The highest BCUT2D eigenvalue weighted by Gasteiger charge is 2.37. The zero-order valence-electron chi connectivity index (χ0n) is 31.8. The number of anilines is 1. The van der Waals surface area contributed by atoms with Gasteiger partial charge in [-0.05, 0) is 92.2 Å². The molecule has 1 atom stereocenters. The molecule has 5 heterocycles. The van der Waals surface area contributed by atoms with Gasteiger partial charge in [0.1, 0.15) is 17.0 Å². The highest BCUT2D eigenvalue weighted by molar-refractivity contribution is 5.98. The first-order valence-electron chi connectivity index (χ1n) is 19.2. The predicted molar refractivity (Wildman–Crippen MR) is 203 cm³/mol. The summed E-state index contributed by atoms with van der Waals surface area (Å²) in [5.41, 5.74) is 2.64. The summed E-state index contributed by atoms with van der Waals surface area (Å²) in [5, 5.41) is 9.86. The molecule has 3 amide bonds. The summed E-state index contributed by atoms with van der Waals surface area (Å²) in [7, 11) is 4.95. The van der Waals surface area contributed by atoms with Crippen molar-refractivity contribution in [3.63, 3.8) is 0 Å². The van der Waals surface area contributed by atoms with E-state index in [0.29, 0.717) is 92.2 Å². The molecular weight excluding hydrogens is 729 g/mol. The summed E-state index contributed by atoms with van der Waals surface area (Å²) < 4.78 is 56.1. The van der Waals surface area contributed by atoms with Crippen LogP contribution in [0.2, 0.25) is 0 Å². The third kappa shape index (κ3) is 8.12. The Kier molecular flexibility index (Phi) is 11.1. The third-order valence-corrected chi connectivity index (χ3v) is 11.8. The van der Waals surface area contributed by atoms with Gasteiger partial charge in [0.05, 0.1) is 26.0 Å². The summed E-state index contributed by atoms with van der Waals surface area (Å²) in [6.45, 7) is 2.07. The fourth-order valence-electron chi connectivity index (χ4n) is 8.58. The minimum atomic E-state index is -4.58. The minimum absolute atomic E-state index is 0.0815. The molecule has 2 N–H and O–H groups in total. The van der Waals surface area contributed by atoms with Crippen LogP contribution in [0.25, 0.3) is 22.0 Å². The summed E-state index contributed by atoms with van der Waals surface area (Å²) in [5.74, 6) is 0.479. The first-order chi connectivity index (χ1) is 26.8. The quantitative estimate of drug-likeness (QED) is 0.197. The first kappa shape index (κ1) is 38.9. The molecule has 0 saturated carbocycles. The number of benzene rings is 2. The number of nitrogens with one attached hydrogen (secondary N) is 2. The van der Waals surface area contributed by atoms with Crippen LogP contribution in [0, 0.1) is 17.8 Å². The van der Waals surface area contributed by atoms with E-state index in [1.165, 1.54) is 10.6 Å². The molecule has 0 aliphatic carbocycles. The average Bonchev–Trinajstić information content (AvgIpc) is 3.68. The molecule has 3 aliphatic heterocycles. The number of imide groups is 1. The standard InChI is InChI=1S/C41H47F3N6O6/c1-48-23-31(30-22-45-47-38(30)40(48)54)28-20-34(55-2)29(35(21-28)56-3)17-24-10-14-50(15-11-24)37(52)19-25-8-12-49(13-9-25)33-6-4-26(18-32(33)41(42,43)44)16-27-5-7-36(51)46-39(27)53/h4,6,18,20-25,27H,5,7-17,19H2,1-3H3,(H,45,47)(H,46,51,53). The van der Waals surface area contributed by atoms with E-state index in [-0.39, 0.29) is 41.8 Å². The Morgan fingerprint density at radius 1 is 0.911 bits per heavy atom. The van der Waals surface area contributed by atoms with Crippen LogP contribution < -0.4 is 25.2 Å². The van der Waals surface area contributed by atoms with Crippen LogP contribution in [0.4, 0.5) is 18.9 Å². The maximum absolute atomic E-state index is 14.3. The van der Waals surface area contributed by atoms with Crippen LogP contribution in [-0.4, -0.2) is 77.8 Å². The number of ether oxygens (including phenoxy) is 2. The van der Waals surface area contributed by atoms with Crippen LogP contribution in [0.3, 0.4) is 0 Å². The Morgan fingerprint density at radius 2 is 1.59 bits per heavy atom. The summed E-state index contributed by atoms with van der Waals surface area (Å²) in [6, 6.07) is 8.18. The molecule has 2 aromatic heterocycles. The van der Waals surface area contributed by atoms with E-state index in [1.54, 1.807) is 44.6 Å². The van der Waals surface area contributed by atoms with E-state index in [0.717, 1.165) is 35.6 Å². The number of alkyl halides is 3. The van der Waals surface area contributed by atoms with Crippen LogP contribution in [0.5, 0.6) is 11.5 Å². The van der Waals surface area contributed by atoms with E-state index in [2.05, 4.69) is 15.5 Å². The number of fused-ring (bicyclic) bond motifs is 1. The third-order valence-electron chi connectivity index (χ3n) is 11.8. The minimum Gasteiger partial charge on any atom is -0.496 e. The lowest BCUT2D eigenvalue weighted by molar-refractivity contribution is -0.137. The molecule has 15 heteroatoms. The van der Waals surface area contributed by atoms with Crippen molar-refractivity contribution in [2.24, 2.45) is 24.8 Å². The average molecular weight is 777 g/mol. The van der Waals surface area contributed by atoms with Gasteiger partial charge in [-0.25, -0.2) is 0 Å². The Morgan fingerprint density at radius 3 is 2.23 bits per heavy atom. The number of H-pyrrole nitrogens is 1. The molecule has 3 aliphatic rings. The number of methoxy groups -OCH3 is 2. The second-order valence-electron chi connectivity index (χ2n) is 15.3. The molecular formula is C41H47F3N6O6. The molecule has 0 radical (unpaired) electrons. The molecule has 4 aromatic rings. The Labute approximate surface area is 322 Å². The van der Waals surface area contributed by atoms with Gasteiger partial charge >= 0.3 is 6.18 Å². The van der Waals surface area contributed by atoms with E-state index in [4.69, 9.17) is 9.47 Å². The number of pyridine rings is 1. The molecule has 0 bridgehead atoms. The van der Waals surface area contributed by atoms with Crippen LogP contribution >= 0.6 is 0 Å². The van der Waals surface area contributed by atoms with Gasteiger partial charge in [-0.3, -0.25) is 29.6 Å². The van der Waals surface area contributed by atoms with Crippen molar-refractivity contribution >= 4 is 34.3 Å². The van der Waals surface area contributed by atoms with Gasteiger partial charge in [0.2, 0.25) is 17.7 Å². The SMILES string of the molecule is COc1cc(-c2cn(C)c(=O)c3[nH]ncc23)cc(OC)c1CC1CCN(C(=O)CC2CCN(c3ccc(CC4CCC(=O)NC4=O)cc3C(F)(F)F)CC2)CC1. The molecule has 12 nitrogen and oxygen atoms in total. The van der Waals surface area contributed by atoms with Crippen LogP contribution in [-0.2, 0) is 40.4 Å². The number of halogens is 3. The second-order valence-corrected chi connectivity index (χ2v) is 15.3. The number of nitrogens with zero attached hydrogens (tertiary/aromatic N) is 4. The van der Waals surface area contributed by atoms with Gasteiger partial charge in [0.15, 0.2) is 0 Å². The van der Waals surface area contributed by atoms with E-state index in [9.17, 15) is 32.3 Å². The number of aryl methyl sites for hydroxylation is 1. The van der Waals surface area contributed by atoms with E-state index >= 15 is 0 Å². The Hall–Kier alpha value is -5.34. The van der Waals surface area contributed by atoms with Gasteiger partial charge in [-0.1, -0.05) is 6.07 Å². The maximum Gasteiger partial charge on any atom is 0.418 e. The summed E-state index contributed by atoms with van der Waals surface area (Å²) >= 11 is 0. The van der Waals surface area contributed by atoms with Gasteiger partial charge in [-0.2, -0.15) is 18.3 Å². The molecule has 0 spiro atoms. The number of hydrogen-bond acceptors (Lipinski definition) is 8. The molecule has 1 unspecified atom stereocenters. The van der Waals surface area contributed by atoms with Crippen molar-refractivity contribution in [1.29, 1.82) is 0 Å². The summed E-state index contributed by atoms with van der Waals surface area (Å²) in [6.07, 6.45) is 3.39. The lowest BCUT2D eigenvalue weighted by Crippen LogP contribution is -2.41. The Balaban J connectivity index is 0.935. The number of carbonyl (C=O) groups is 3. The van der Waals surface area contributed by atoms with Gasteiger partial charge in [0.25, 0.3) is 5.56 Å². The predicted octanol–water partition coefficient (Wildman–Crippen LogP) is 5.65. The van der Waals surface area contributed by atoms with E-state index in [1.807, 2.05) is 17.0 Å². The van der Waals surface area contributed by atoms with Crippen LogP contribution in [0.1, 0.15) is 61.6 Å². The first-order valence-corrected chi connectivity index (χ1v) is 19.2. The molecule has 2 aromatic carbocycles. The number of likely N-dealkylation sites (tertiary alicyclic amines) is 1. The number of rotatable bonds is 10. The molecule has 3 saturated heterocycles. The van der Waals surface area contributed by atoms with Gasteiger partial charge in [-0.15, -0.1) is 0 Å². The number of hydrogen-bond donors (Lipinski definition) is 2. The smallest absolute Gasteiger partial charge is 0.418 e. The normalized spacial score (nSPS) is 18.7. The fourth-order valence-corrected chi connectivity index (χ4v) is 8.58. The fraction of sp³-hybridized carbons (Fsp3) is 0.488. The number of carbonyl (C=O) groups excluding carboxylic acids is 3. The second kappa shape index (κ2) is 16.0. The Bertz CT molecular complexity index is 2160. The lowest BCUT2D eigenvalue weighted by atomic mass is 9.87. The molecule has 56 heavy (non-hydrogen) atoms. The van der Waals surface area contributed by atoms with Crippen molar-refractivity contribution in [1.82, 2.24) is 25.0 Å². The van der Waals surface area contributed by atoms with Crippen molar-refractivity contribution in [3.8, 4) is 22.6 Å². The topological polar surface area (TPSA) is 139 Å². The zero-order chi connectivity index (χ0) is 39.7. The highest BCUT2D eigenvalue weighted by Crippen LogP contribution is 2.41. The van der Waals surface area contributed by atoms with Gasteiger partial charge < -0.3 is 23.8 Å². The monoisotopic (exact) mass is 776 g/mol. The molecule has 3 fully saturated rings. The van der Waals surface area contributed by atoms with E-state index < -0.39 is 23.6 Å².